The van der Waals surface area contributed by atoms with Gasteiger partial charge in [0.1, 0.15) is 11.2 Å². The second-order valence-corrected chi connectivity index (χ2v) is 18.0. The third-order valence-corrected chi connectivity index (χ3v) is 15.5. The summed E-state index contributed by atoms with van der Waals surface area (Å²) in [6.07, 6.45) is 7.33. The monoisotopic (exact) mass is 794 g/mol. The van der Waals surface area contributed by atoms with E-state index >= 15 is 4.79 Å². The molecule has 310 valence electrons. The van der Waals surface area contributed by atoms with Gasteiger partial charge in [-0.15, -0.1) is 0 Å². The van der Waals surface area contributed by atoms with Crippen LogP contribution in [0.1, 0.15) is 75.3 Å². The van der Waals surface area contributed by atoms with Crippen molar-refractivity contribution in [3.05, 3.63) is 70.9 Å². The number of rotatable bonds is 7. The fourth-order valence-corrected chi connectivity index (χ4v) is 13.5. The molecule has 0 amide bonds. The molecule has 9 rings (SSSR count). The van der Waals surface area contributed by atoms with Crippen LogP contribution in [-0.4, -0.2) is 123 Å². The van der Waals surface area contributed by atoms with Gasteiger partial charge in [0.2, 0.25) is 5.60 Å². The molecule has 12 heteroatoms. The number of likely N-dealkylation sites (N-methyl/N-ethyl adjacent to an activating group) is 1. The van der Waals surface area contributed by atoms with Crippen molar-refractivity contribution in [2.75, 3.05) is 66.0 Å². The van der Waals surface area contributed by atoms with Crippen molar-refractivity contribution in [1.29, 1.82) is 0 Å². The minimum absolute atomic E-state index is 0.184. The summed E-state index contributed by atoms with van der Waals surface area (Å²) in [4.78, 5) is 53.5. The Hall–Kier alpha value is -4.39. The van der Waals surface area contributed by atoms with Gasteiger partial charge in [0.15, 0.2) is 6.10 Å². The number of carbonyl (C=O) groups excluding carboxylic acids is 3. The van der Waals surface area contributed by atoms with Crippen LogP contribution in [0, 0.1) is 17.3 Å². The third kappa shape index (κ3) is 5.00. The molecule has 2 unspecified atom stereocenters. The van der Waals surface area contributed by atoms with E-state index in [-0.39, 0.29) is 17.9 Å². The molecule has 58 heavy (non-hydrogen) atoms. The Bertz CT molecular complexity index is 2200. The van der Waals surface area contributed by atoms with E-state index in [1.165, 1.54) is 21.1 Å². The van der Waals surface area contributed by atoms with Crippen LogP contribution >= 0.6 is 0 Å². The predicted molar refractivity (Wildman–Crippen MR) is 219 cm³/mol. The number of para-hydroxylation sites is 1. The number of hydrogen-bond acceptors (Lipinski definition) is 11. The number of carbonyl (C=O) groups is 3. The first-order valence-corrected chi connectivity index (χ1v) is 21.2. The van der Waals surface area contributed by atoms with Gasteiger partial charge in [-0.3, -0.25) is 14.5 Å². The van der Waals surface area contributed by atoms with Crippen molar-refractivity contribution in [2.45, 2.75) is 93.9 Å². The van der Waals surface area contributed by atoms with Gasteiger partial charge in [0.25, 0.3) is 0 Å². The number of nitrogens with zero attached hydrogens (tertiary/aromatic N) is 3. The molecule has 2 aromatic carbocycles. The Balaban J connectivity index is 1.36. The summed E-state index contributed by atoms with van der Waals surface area (Å²) in [5, 5.41) is 14.4. The summed E-state index contributed by atoms with van der Waals surface area (Å²) in [5.41, 5.74) is -0.0554. The smallest absolute Gasteiger partial charge is 0.344 e. The van der Waals surface area contributed by atoms with Crippen LogP contribution in [0.25, 0.3) is 10.9 Å². The van der Waals surface area contributed by atoms with Gasteiger partial charge in [-0.05, 0) is 73.7 Å². The Kier molecular flexibility index (Phi) is 9.33. The van der Waals surface area contributed by atoms with E-state index in [0.717, 1.165) is 72.3 Å². The molecule has 2 saturated heterocycles. The van der Waals surface area contributed by atoms with Gasteiger partial charge in [-0.25, -0.2) is 4.79 Å². The summed E-state index contributed by atoms with van der Waals surface area (Å²) in [6, 6.07) is 11.3. The van der Waals surface area contributed by atoms with Crippen molar-refractivity contribution in [2.24, 2.45) is 17.3 Å². The van der Waals surface area contributed by atoms with Crippen LogP contribution in [0.3, 0.4) is 0 Å². The summed E-state index contributed by atoms with van der Waals surface area (Å²) in [6.45, 7) is 9.79. The highest BCUT2D eigenvalue weighted by molar-refractivity contribution is 5.95. The summed E-state index contributed by atoms with van der Waals surface area (Å²) in [5.74, 6) is -0.578. The predicted octanol–water partition coefficient (Wildman–Crippen LogP) is 4.88. The standard InChI is InChI=1S/C46H58N4O8/c1-8-28-21-29-24-45(41(52)56-6,37-31(15-19-49(25-28)26-29)30-13-10-11-14-34(30)47-37)33-22-32-35(23-36(33)55-5)48(4)39-44(32)17-20-50-18-12-16-43(9-2,38(44)50)40(58-27(3)51)46(39,54)42(53)57-7/h10-14,16,22-23,28-29,38-40,47,54H,8-9,15,17-21,24-26H2,1-7H3/t28?,29-,38+,39-,40-,43-,44-,45-,46+/m1/s1. The lowest BCUT2D eigenvalue weighted by Gasteiger charge is -2.63. The van der Waals surface area contributed by atoms with Crippen LogP contribution in [0.4, 0.5) is 5.69 Å². The minimum Gasteiger partial charge on any atom is -0.496 e. The number of benzene rings is 2. The molecule has 0 radical (unpaired) electrons. The molecular weight excluding hydrogens is 737 g/mol. The van der Waals surface area contributed by atoms with Crippen LogP contribution < -0.4 is 9.64 Å². The normalized spacial score (nSPS) is 36.1. The molecule has 5 aliphatic heterocycles. The van der Waals surface area contributed by atoms with Gasteiger partial charge in [-0.2, -0.15) is 0 Å². The molecule has 6 aliphatic rings. The number of aliphatic hydroxyl groups is 1. The quantitative estimate of drug-likeness (QED) is 0.193. The van der Waals surface area contributed by atoms with Crippen molar-refractivity contribution in [3.8, 4) is 5.75 Å². The highest BCUT2D eigenvalue weighted by Gasteiger charge is 2.80. The molecule has 1 aliphatic carbocycles. The average molecular weight is 795 g/mol. The van der Waals surface area contributed by atoms with E-state index in [4.69, 9.17) is 18.9 Å². The number of aromatic nitrogens is 1. The summed E-state index contributed by atoms with van der Waals surface area (Å²) in [7, 11) is 6.28. The maximum Gasteiger partial charge on any atom is 0.344 e. The Morgan fingerprint density at radius 2 is 1.76 bits per heavy atom. The highest BCUT2D eigenvalue weighted by Crippen LogP contribution is 2.68. The third-order valence-electron chi connectivity index (χ3n) is 15.5. The molecule has 1 aromatic heterocycles. The van der Waals surface area contributed by atoms with E-state index in [9.17, 15) is 14.7 Å². The number of nitrogens with one attached hydrogen (secondary N) is 1. The number of aromatic amines is 1. The average Bonchev–Trinajstić information content (AvgIpc) is 3.89. The molecule has 1 spiro atoms. The zero-order valence-corrected chi connectivity index (χ0v) is 34.9. The highest BCUT2D eigenvalue weighted by atomic mass is 16.6. The van der Waals surface area contributed by atoms with E-state index in [0.29, 0.717) is 49.6 Å². The molecule has 6 heterocycles. The van der Waals surface area contributed by atoms with Gasteiger partial charge >= 0.3 is 17.9 Å². The molecule has 2 N–H and O–H groups in total. The first-order valence-electron chi connectivity index (χ1n) is 21.2. The van der Waals surface area contributed by atoms with Crippen molar-refractivity contribution in [1.82, 2.24) is 14.8 Å². The van der Waals surface area contributed by atoms with Gasteiger partial charge in [-0.1, -0.05) is 50.6 Å². The summed E-state index contributed by atoms with van der Waals surface area (Å²) < 4.78 is 24.0. The second kappa shape index (κ2) is 13.8. The zero-order valence-electron chi connectivity index (χ0n) is 34.9. The molecule has 10 atom stereocenters. The maximum absolute atomic E-state index is 15.3. The van der Waals surface area contributed by atoms with Gasteiger partial charge in [0.05, 0.1) is 27.4 Å². The molecule has 1 saturated carbocycles. The fourth-order valence-electron chi connectivity index (χ4n) is 13.5. The first-order chi connectivity index (χ1) is 27.9. The van der Waals surface area contributed by atoms with E-state index in [1.807, 2.05) is 31.0 Å². The molecule has 12 nitrogen and oxygen atoms in total. The Morgan fingerprint density at radius 3 is 2.47 bits per heavy atom. The topological polar surface area (TPSA) is 134 Å². The second-order valence-electron chi connectivity index (χ2n) is 18.0. The number of H-pyrrole nitrogens is 1. The van der Waals surface area contributed by atoms with Crippen LogP contribution in [0.5, 0.6) is 5.75 Å². The van der Waals surface area contributed by atoms with Crippen molar-refractivity contribution < 1.29 is 38.4 Å². The Morgan fingerprint density at radius 1 is 0.983 bits per heavy atom. The van der Waals surface area contributed by atoms with Crippen molar-refractivity contribution in [3.63, 3.8) is 0 Å². The molecule has 2 bridgehead atoms. The van der Waals surface area contributed by atoms with Crippen molar-refractivity contribution >= 4 is 34.5 Å². The number of anilines is 1. The largest absolute Gasteiger partial charge is 0.496 e. The number of fused-ring (bicyclic) bond motifs is 6. The minimum atomic E-state index is -2.27. The van der Waals surface area contributed by atoms with E-state index in [2.05, 4.69) is 58.1 Å². The zero-order chi connectivity index (χ0) is 40.9. The number of hydrogen-bond donors (Lipinski definition) is 2. The SMILES string of the molecule is CCC1C[C@H]2CN(CCc3c([nH]c4ccccc34)[C@](C(=O)OC)(c3cc4c(cc3OC)N(C)[C@H]3[C@@](O)(C(=O)OC)[C@H](OC(C)=O)[C@]5(CC)C=CCN6CC[C@]43[C@@H]65)C2)C1. The molecule has 3 fully saturated rings. The van der Waals surface area contributed by atoms with Gasteiger partial charge < -0.3 is 38.8 Å². The fraction of sp³-hybridized carbons (Fsp3) is 0.587. The number of esters is 3. The van der Waals surface area contributed by atoms with Crippen LogP contribution in [0.15, 0.2) is 48.6 Å². The lowest BCUT2D eigenvalue weighted by molar-refractivity contribution is -0.228. The lowest BCUT2D eigenvalue weighted by atomic mass is 9.47. The summed E-state index contributed by atoms with van der Waals surface area (Å²) >= 11 is 0. The molecule has 3 aromatic rings. The van der Waals surface area contributed by atoms with Crippen LogP contribution in [-0.2, 0) is 45.8 Å². The number of ether oxygens (including phenoxy) is 4. The Labute approximate surface area is 340 Å². The first kappa shape index (κ1) is 39.1. The van der Waals surface area contributed by atoms with E-state index < -0.39 is 45.9 Å². The molecular formula is C46H58N4O8. The lowest BCUT2D eigenvalue weighted by Crippen LogP contribution is -2.81. The number of piperidine rings is 1. The number of methoxy groups -OCH3 is 3. The van der Waals surface area contributed by atoms with E-state index in [1.54, 1.807) is 7.11 Å². The van der Waals surface area contributed by atoms with Gasteiger partial charge in [0, 0.05) is 90.9 Å². The van der Waals surface area contributed by atoms with Crippen LogP contribution in [0.2, 0.25) is 0 Å². The maximum atomic E-state index is 15.3.